The summed E-state index contributed by atoms with van der Waals surface area (Å²) in [5, 5.41) is 0. The molecule has 1 aromatic carbocycles. The van der Waals surface area contributed by atoms with Gasteiger partial charge in [0.25, 0.3) is 0 Å². The molecule has 0 unspecified atom stereocenters. The summed E-state index contributed by atoms with van der Waals surface area (Å²) in [6.45, 7) is 1.98. The quantitative estimate of drug-likeness (QED) is 0.716. The van der Waals surface area contributed by atoms with Gasteiger partial charge in [-0.1, -0.05) is 0 Å². The van der Waals surface area contributed by atoms with Gasteiger partial charge in [-0.2, -0.15) is 0 Å². The molecule has 66 valence electrons. The molecule has 0 bridgehead atoms. The maximum absolute atomic E-state index is 5.52. The van der Waals surface area contributed by atoms with Crippen LogP contribution in [0.4, 0.5) is 0 Å². The minimum atomic E-state index is 0.315. The molecule has 1 aromatic heterocycles. The summed E-state index contributed by atoms with van der Waals surface area (Å²) in [5.74, 6) is 0.993. The van der Waals surface area contributed by atoms with E-state index in [4.69, 9.17) is 4.42 Å². The average molecular weight is 237 g/mol. The molecule has 0 saturated carbocycles. The first kappa shape index (κ1) is 8.61. The summed E-state index contributed by atoms with van der Waals surface area (Å²) in [4.78, 5) is 0. The van der Waals surface area contributed by atoms with Gasteiger partial charge < -0.3 is 0 Å². The molecule has 1 nitrogen and oxygen atoms in total. The molecule has 13 heavy (non-hydrogen) atoms. The van der Waals surface area contributed by atoms with Crippen LogP contribution in [-0.4, -0.2) is 15.0 Å². The third-order valence-corrected chi connectivity index (χ3v) is 3.63. The van der Waals surface area contributed by atoms with Crippen molar-refractivity contribution in [1.82, 2.24) is 0 Å². The SMILES string of the molecule is Cc1ccc([Se]c2ccccc2)o1. The van der Waals surface area contributed by atoms with E-state index >= 15 is 0 Å². The molecule has 2 rings (SSSR count). The molecule has 0 aliphatic heterocycles. The van der Waals surface area contributed by atoms with Crippen molar-refractivity contribution in [3.63, 3.8) is 0 Å². The van der Waals surface area contributed by atoms with E-state index in [0.717, 1.165) is 10.4 Å². The predicted octanol–water partition coefficient (Wildman–Crippen LogP) is 1.24. The summed E-state index contributed by atoms with van der Waals surface area (Å²) >= 11 is 0.315. The fourth-order valence-corrected chi connectivity index (χ4v) is 2.82. The molecule has 0 fully saturated rings. The van der Waals surface area contributed by atoms with Crippen molar-refractivity contribution in [2.45, 2.75) is 6.92 Å². The number of benzene rings is 1. The summed E-state index contributed by atoms with van der Waals surface area (Å²) in [6, 6.07) is 14.5. The van der Waals surface area contributed by atoms with Gasteiger partial charge >= 0.3 is 83.6 Å². The van der Waals surface area contributed by atoms with E-state index in [1.165, 1.54) is 4.46 Å². The van der Waals surface area contributed by atoms with Crippen molar-refractivity contribution in [2.75, 3.05) is 0 Å². The van der Waals surface area contributed by atoms with Gasteiger partial charge in [-0.25, -0.2) is 0 Å². The zero-order valence-electron chi connectivity index (χ0n) is 7.36. The molecule has 0 saturated heterocycles. The van der Waals surface area contributed by atoms with Crippen LogP contribution in [0.5, 0.6) is 0 Å². The summed E-state index contributed by atoms with van der Waals surface area (Å²) in [5.41, 5.74) is 0. The van der Waals surface area contributed by atoms with Crippen LogP contribution in [0.2, 0.25) is 0 Å². The minimum absolute atomic E-state index is 0.315. The molecule has 0 N–H and O–H groups in total. The van der Waals surface area contributed by atoms with Crippen molar-refractivity contribution in [2.24, 2.45) is 0 Å². The first-order valence-electron chi connectivity index (χ1n) is 4.14. The number of hydrogen-bond acceptors (Lipinski definition) is 1. The van der Waals surface area contributed by atoms with Crippen LogP contribution in [0, 0.1) is 6.92 Å². The molecule has 1 heterocycles. The Hall–Kier alpha value is -0.981. The Morgan fingerprint density at radius 3 is 2.38 bits per heavy atom. The fraction of sp³-hybridized carbons (Fsp3) is 0.0909. The van der Waals surface area contributed by atoms with Gasteiger partial charge in [0.15, 0.2) is 0 Å². The second kappa shape index (κ2) is 3.82. The number of furan rings is 1. The van der Waals surface area contributed by atoms with Crippen LogP contribution in [0.15, 0.2) is 46.9 Å². The maximum atomic E-state index is 5.52. The van der Waals surface area contributed by atoms with Gasteiger partial charge in [0.05, 0.1) is 0 Å². The number of rotatable bonds is 2. The van der Waals surface area contributed by atoms with E-state index in [1.807, 2.05) is 19.1 Å². The Labute approximate surface area is 83.9 Å². The van der Waals surface area contributed by atoms with Crippen LogP contribution >= 0.6 is 0 Å². The van der Waals surface area contributed by atoms with Crippen molar-refractivity contribution >= 4 is 24.1 Å². The molecule has 0 radical (unpaired) electrons. The first-order valence-corrected chi connectivity index (χ1v) is 5.85. The second-order valence-corrected chi connectivity index (χ2v) is 5.04. The van der Waals surface area contributed by atoms with Gasteiger partial charge in [-0.05, 0) is 0 Å². The van der Waals surface area contributed by atoms with Crippen LogP contribution in [0.3, 0.4) is 0 Å². The van der Waals surface area contributed by atoms with Gasteiger partial charge in [-0.15, -0.1) is 0 Å². The standard InChI is InChI=1S/C11H10OSe/c1-9-7-8-11(12-9)13-10-5-3-2-4-6-10/h2-8H,1H3. The Morgan fingerprint density at radius 2 is 1.77 bits per heavy atom. The zero-order valence-corrected chi connectivity index (χ0v) is 9.07. The van der Waals surface area contributed by atoms with E-state index in [2.05, 4.69) is 30.3 Å². The molecule has 0 aliphatic rings. The van der Waals surface area contributed by atoms with E-state index in [0.29, 0.717) is 15.0 Å². The van der Waals surface area contributed by atoms with Crippen LogP contribution in [0.25, 0.3) is 0 Å². The van der Waals surface area contributed by atoms with Crippen LogP contribution < -0.4 is 9.12 Å². The third kappa shape index (κ3) is 2.24. The molecule has 2 heteroatoms. The summed E-state index contributed by atoms with van der Waals surface area (Å²) in [7, 11) is 0. The molecule has 2 aromatic rings. The summed E-state index contributed by atoms with van der Waals surface area (Å²) < 4.78 is 7.96. The molecule has 0 spiro atoms. The molecular weight excluding hydrogens is 227 g/mol. The first-order chi connectivity index (χ1) is 6.34. The topological polar surface area (TPSA) is 13.1 Å². The number of hydrogen-bond donors (Lipinski definition) is 0. The van der Waals surface area contributed by atoms with E-state index in [9.17, 15) is 0 Å². The van der Waals surface area contributed by atoms with Gasteiger partial charge in [0.1, 0.15) is 0 Å². The number of aryl methyl sites for hydroxylation is 1. The third-order valence-electron chi connectivity index (χ3n) is 1.68. The van der Waals surface area contributed by atoms with E-state index in [-0.39, 0.29) is 0 Å². The average Bonchev–Trinajstić information content (AvgIpc) is 2.53. The van der Waals surface area contributed by atoms with E-state index in [1.54, 1.807) is 0 Å². The normalized spacial score (nSPS) is 10.2. The van der Waals surface area contributed by atoms with Crippen LogP contribution in [0.1, 0.15) is 5.76 Å². The molecule has 0 atom stereocenters. The zero-order chi connectivity index (χ0) is 9.10. The Kier molecular flexibility index (Phi) is 2.53. The van der Waals surface area contributed by atoms with Crippen molar-refractivity contribution in [3.8, 4) is 0 Å². The van der Waals surface area contributed by atoms with Gasteiger partial charge in [0.2, 0.25) is 0 Å². The van der Waals surface area contributed by atoms with Crippen molar-refractivity contribution in [3.05, 3.63) is 48.2 Å². The van der Waals surface area contributed by atoms with Crippen molar-refractivity contribution < 1.29 is 4.42 Å². The molecule has 0 aliphatic carbocycles. The monoisotopic (exact) mass is 238 g/mol. The fourth-order valence-electron chi connectivity index (χ4n) is 1.07. The van der Waals surface area contributed by atoms with Crippen molar-refractivity contribution in [1.29, 1.82) is 0 Å². The predicted molar refractivity (Wildman–Crippen MR) is 54.9 cm³/mol. The molecular formula is C11H10OSe. The van der Waals surface area contributed by atoms with E-state index < -0.39 is 0 Å². The Bertz CT molecular complexity index is 378. The Morgan fingerprint density at radius 1 is 1.00 bits per heavy atom. The summed E-state index contributed by atoms with van der Waals surface area (Å²) in [6.07, 6.45) is 0. The van der Waals surface area contributed by atoms with Gasteiger partial charge in [0, 0.05) is 0 Å². The van der Waals surface area contributed by atoms with Gasteiger partial charge in [-0.3, -0.25) is 0 Å². The van der Waals surface area contributed by atoms with Crippen LogP contribution in [-0.2, 0) is 0 Å². The molecule has 0 amide bonds. The Balaban J connectivity index is 2.15. The second-order valence-electron chi connectivity index (χ2n) is 2.78.